The van der Waals surface area contributed by atoms with Crippen LogP contribution >= 0.6 is 0 Å². The number of carbonyl (C=O) groups is 1. The van der Waals surface area contributed by atoms with Gasteiger partial charge < -0.3 is 20.3 Å². The van der Waals surface area contributed by atoms with Crippen molar-refractivity contribution in [2.75, 3.05) is 32.0 Å². The van der Waals surface area contributed by atoms with E-state index in [-0.39, 0.29) is 6.09 Å². The van der Waals surface area contributed by atoms with Crippen molar-refractivity contribution in [2.45, 2.75) is 52.2 Å². The zero-order chi connectivity index (χ0) is 17.7. The van der Waals surface area contributed by atoms with Gasteiger partial charge in [0.1, 0.15) is 11.4 Å². The largest absolute Gasteiger partial charge is 0.444 e. The molecular weight excluding hydrogens is 304 g/mol. The van der Waals surface area contributed by atoms with Crippen molar-refractivity contribution in [3.8, 4) is 0 Å². The molecule has 0 spiro atoms. The fourth-order valence-electron chi connectivity index (χ4n) is 2.78. The van der Waals surface area contributed by atoms with E-state index >= 15 is 0 Å². The number of nitrogens with one attached hydrogen (secondary N) is 2. The second-order valence-electron chi connectivity index (χ2n) is 7.37. The highest BCUT2D eigenvalue weighted by atomic mass is 16.6. The minimum Gasteiger partial charge on any atom is -0.444 e. The number of hydrogen-bond acceptors (Lipinski definition) is 5. The summed E-state index contributed by atoms with van der Waals surface area (Å²) in [4.78, 5) is 18.8. The number of fused-ring (bicyclic) bond motifs is 1. The molecule has 6 nitrogen and oxygen atoms in total. The molecular formula is C18H30N4O2. The third kappa shape index (κ3) is 5.37. The fraction of sp³-hybridized carbons (Fsp3) is 0.667. The van der Waals surface area contributed by atoms with Crippen LogP contribution in [0.5, 0.6) is 0 Å². The van der Waals surface area contributed by atoms with Gasteiger partial charge in [-0.15, -0.1) is 0 Å². The van der Waals surface area contributed by atoms with Gasteiger partial charge in [-0.25, -0.2) is 9.78 Å². The van der Waals surface area contributed by atoms with Gasteiger partial charge in [0.25, 0.3) is 0 Å². The highest BCUT2D eigenvalue weighted by Gasteiger charge is 2.24. The van der Waals surface area contributed by atoms with E-state index in [4.69, 9.17) is 9.72 Å². The quantitative estimate of drug-likeness (QED) is 0.885. The highest BCUT2D eigenvalue weighted by molar-refractivity contribution is 5.68. The lowest BCUT2D eigenvalue weighted by Crippen LogP contribution is -2.38. The van der Waals surface area contributed by atoms with Gasteiger partial charge in [-0.1, -0.05) is 6.07 Å². The van der Waals surface area contributed by atoms with Gasteiger partial charge in [-0.2, -0.15) is 0 Å². The number of nitrogens with zero attached hydrogens (tertiary/aromatic N) is 2. The molecule has 0 saturated heterocycles. The van der Waals surface area contributed by atoms with Gasteiger partial charge in [-0.3, -0.25) is 0 Å². The maximum Gasteiger partial charge on any atom is 0.410 e. The molecule has 1 unspecified atom stereocenters. The Bertz CT molecular complexity index is 569. The summed E-state index contributed by atoms with van der Waals surface area (Å²) in [5.74, 6) is 0.891. The summed E-state index contributed by atoms with van der Waals surface area (Å²) in [5.41, 5.74) is 1.82. The zero-order valence-electron chi connectivity index (χ0n) is 15.5. The van der Waals surface area contributed by atoms with E-state index in [0.717, 1.165) is 30.9 Å². The van der Waals surface area contributed by atoms with E-state index in [1.807, 2.05) is 33.9 Å². The Morgan fingerprint density at radius 3 is 2.71 bits per heavy atom. The summed E-state index contributed by atoms with van der Waals surface area (Å²) < 4.78 is 5.48. The van der Waals surface area contributed by atoms with E-state index in [0.29, 0.717) is 19.1 Å². The van der Waals surface area contributed by atoms with Crippen LogP contribution in [-0.4, -0.2) is 54.3 Å². The molecule has 2 heterocycles. The molecule has 2 rings (SSSR count). The van der Waals surface area contributed by atoms with Gasteiger partial charge in [0, 0.05) is 37.8 Å². The predicted molar refractivity (Wildman–Crippen MR) is 96.5 cm³/mol. The number of pyridine rings is 1. The summed E-state index contributed by atoms with van der Waals surface area (Å²) in [6.45, 7) is 9.99. The predicted octanol–water partition coefficient (Wildman–Crippen LogP) is 2.44. The van der Waals surface area contributed by atoms with E-state index in [1.54, 1.807) is 4.90 Å². The molecule has 6 heteroatoms. The first kappa shape index (κ1) is 18.5. The minimum atomic E-state index is -0.463. The smallest absolute Gasteiger partial charge is 0.410 e. The number of anilines is 1. The SMILES string of the molecule is CNCC(C)Nc1ccc2c(n1)CCN(C(=O)OC(C)(C)C)CC2. The third-order valence-corrected chi connectivity index (χ3v) is 3.89. The molecule has 0 aromatic carbocycles. The molecule has 1 aromatic heterocycles. The average molecular weight is 334 g/mol. The van der Waals surface area contributed by atoms with Gasteiger partial charge in [0.15, 0.2) is 0 Å². The lowest BCUT2D eigenvalue weighted by atomic mass is 10.1. The molecule has 0 saturated carbocycles. The molecule has 2 N–H and O–H groups in total. The summed E-state index contributed by atoms with van der Waals surface area (Å²) in [6, 6.07) is 4.45. The van der Waals surface area contributed by atoms with Gasteiger partial charge in [0.2, 0.25) is 0 Å². The number of likely N-dealkylation sites (N-methyl/N-ethyl adjacent to an activating group) is 1. The standard InChI is InChI=1S/C18H30N4O2/c1-13(12-19-5)20-16-7-6-14-8-10-22(11-9-15(14)21-16)17(23)24-18(2,3)4/h6-7,13,19H,8-12H2,1-5H3,(H,20,21). The Morgan fingerprint density at radius 1 is 1.33 bits per heavy atom. The van der Waals surface area contributed by atoms with Crippen molar-refractivity contribution in [1.29, 1.82) is 0 Å². The van der Waals surface area contributed by atoms with Crippen LogP contribution in [0.4, 0.5) is 10.6 Å². The molecule has 1 aliphatic heterocycles. The summed E-state index contributed by atoms with van der Waals surface area (Å²) in [6.07, 6.45) is 1.33. The maximum atomic E-state index is 12.3. The normalized spacial score (nSPS) is 16.1. The summed E-state index contributed by atoms with van der Waals surface area (Å²) >= 11 is 0. The van der Waals surface area contributed by atoms with Crippen LogP contribution in [0.2, 0.25) is 0 Å². The van der Waals surface area contributed by atoms with Crippen LogP contribution in [0.25, 0.3) is 0 Å². The number of rotatable bonds is 4. The molecule has 0 aliphatic carbocycles. The molecule has 24 heavy (non-hydrogen) atoms. The van der Waals surface area contributed by atoms with Crippen LogP contribution in [0.1, 0.15) is 39.0 Å². The topological polar surface area (TPSA) is 66.5 Å². The third-order valence-electron chi connectivity index (χ3n) is 3.89. The van der Waals surface area contributed by atoms with Crippen molar-refractivity contribution in [3.63, 3.8) is 0 Å². The van der Waals surface area contributed by atoms with Gasteiger partial charge in [0.05, 0.1) is 0 Å². The van der Waals surface area contributed by atoms with Crippen LogP contribution in [0, 0.1) is 0 Å². The molecule has 1 atom stereocenters. The first-order chi connectivity index (χ1) is 11.3. The molecule has 1 aromatic rings. The number of hydrogen-bond donors (Lipinski definition) is 2. The van der Waals surface area contributed by atoms with Crippen molar-refractivity contribution < 1.29 is 9.53 Å². The van der Waals surface area contributed by atoms with Crippen LogP contribution in [0.3, 0.4) is 0 Å². The second kappa shape index (κ2) is 7.83. The van der Waals surface area contributed by atoms with E-state index < -0.39 is 5.60 Å². The Hall–Kier alpha value is -1.82. The first-order valence-electron chi connectivity index (χ1n) is 8.66. The Labute approximate surface area is 145 Å². The Morgan fingerprint density at radius 2 is 2.04 bits per heavy atom. The Kier molecular flexibility index (Phi) is 6.04. The molecule has 0 bridgehead atoms. The Balaban J connectivity index is 2.01. The fourth-order valence-corrected chi connectivity index (χ4v) is 2.78. The second-order valence-corrected chi connectivity index (χ2v) is 7.37. The summed E-state index contributed by atoms with van der Waals surface area (Å²) in [5, 5.41) is 6.55. The first-order valence-corrected chi connectivity index (χ1v) is 8.66. The van der Waals surface area contributed by atoms with Crippen LogP contribution in [-0.2, 0) is 17.6 Å². The maximum absolute atomic E-state index is 12.3. The van der Waals surface area contributed by atoms with Gasteiger partial charge >= 0.3 is 6.09 Å². The summed E-state index contributed by atoms with van der Waals surface area (Å²) in [7, 11) is 1.94. The molecule has 0 radical (unpaired) electrons. The minimum absolute atomic E-state index is 0.240. The highest BCUT2D eigenvalue weighted by Crippen LogP contribution is 2.19. The molecule has 0 fully saturated rings. The number of carbonyl (C=O) groups excluding carboxylic acids is 1. The van der Waals surface area contributed by atoms with Crippen molar-refractivity contribution in [3.05, 3.63) is 23.4 Å². The number of ether oxygens (including phenoxy) is 1. The van der Waals surface area contributed by atoms with Crippen LogP contribution < -0.4 is 10.6 Å². The van der Waals surface area contributed by atoms with E-state index in [2.05, 4.69) is 23.6 Å². The molecule has 134 valence electrons. The van der Waals surface area contributed by atoms with Crippen molar-refractivity contribution in [2.24, 2.45) is 0 Å². The van der Waals surface area contributed by atoms with Gasteiger partial charge in [-0.05, 0) is 52.8 Å². The lowest BCUT2D eigenvalue weighted by Gasteiger charge is -2.26. The van der Waals surface area contributed by atoms with Crippen molar-refractivity contribution in [1.82, 2.24) is 15.2 Å². The molecule has 1 amide bonds. The monoisotopic (exact) mass is 334 g/mol. The number of aromatic nitrogens is 1. The number of amides is 1. The van der Waals surface area contributed by atoms with Crippen molar-refractivity contribution >= 4 is 11.9 Å². The lowest BCUT2D eigenvalue weighted by molar-refractivity contribution is 0.0258. The molecule has 1 aliphatic rings. The van der Waals surface area contributed by atoms with Crippen LogP contribution in [0.15, 0.2) is 12.1 Å². The van der Waals surface area contributed by atoms with E-state index in [9.17, 15) is 4.79 Å². The zero-order valence-corrected chi connectivity index (χ0v) is 15.5. The van der Waals surface area contributed by atoms with E-state index in [1.165, 1.54) is 5.56 Å². The average Bonchev–Trinajstić information content (AvgIpc) is 2.68.